The second-order valence-corrected chi connectivity index (χ2v) is 12.4. The minimum atomic E-state index is -1.98. The van der Waals surface area contributed by atoms with Crippen molar-refractivity contribution < 1.29 is 33.8 Å². The van der Waals surface area contributed by atoms with Crippen molar-refractivity contribution in [2.24, 2.45) is 17.8 Å². The number of alkyl halides is 3. The predicted octanol–water partition coefficient (Wildman–Crippen LogP) is 4.33. The number of phenols is 1. The number of phenolic OH excluding ortho intramolecular Hbond substituents is 1. The number of benzene rings is 2. The Morgan fingerprint density at radius 1 is 0.976 bits per heavy atom. The van der Waals surface area contributed by atoms with Crippen LogP contribution in [0.3, 0.4) is 0 Å². The van der Waals surface area contributed by atoms with Crippen molar-refractivity contribution in [3.8, 4) is 17.2 Å². The van der Waals surface area contributed by atoms with E-state index < -0.39 is 51.1 Å². The zero-order valence-electron chi connectivity index (χ0n) is 22.0. The van der Waals surface area contributed by atoms with E-state index in [2.05, 4.69) is 15.9 Å². The zero-order valence-corrected chi connectivity index (χ0v) is 25.1. The lowest BCUT2D eigenvalue weighted by Gasteiger charge is -2.50. The number of hydrogen-bond donors (Lipinski definition) is 1. The molecule has 0 radical (unpaired) electrons. The van der Waals surface area contributed by atoms with Crippen LogP contribution < -0.4 is 14.4 Å². The van der Waals surface area contributed by atoms with Gasteiger partial charge in [-0.05, 0) is 48.6 Å². The number of amides is 4. The summed E-state index contributed by atoms with van der Waals surface area (Å²) < 4.78 is 10.8. The zero-order chi connectivity index (χ0) is 29.4. The van der Waals surface area contributed by atoms with Crippen LogP contribution in [0.25, 0.3) is 0 Å². The van der Waals surface area contributed by atoms with Crippen LogP contribution in [0.15, 0.2) is 54.1 Å². The molecule has 2 aliphatic heterocycles. The maximum Gasteiger partial charge on any atom is 0.254 e. The SMILES string of the molecule is COc1cc([C@H]2C3=CC[C@@H]4C(=O)N(c5ccccc5)C(=O)[C@@H]4[C@@H]3C[C@@]3(Cl)C(=O)N(CBr)C(=O)[C@@]23Cl)cc(OC)c1O. The first-order valence-electron chi connectivity index (χ1n) is 12.9. The smallest absolute Gasteiger partial charge is 0.254 e. The Morgan fingerprint density at radius 3 is 2.20 bits per heavy atom. The number of rotatable bonds is 5. The average Bonchev–Trinajstić information content (AvgIpc) is 3.31. The minimum absolute atomic E-state index is 0.0627. The van der Waals surface area contributed by atoms with E-state index in [4.69, 9.17) is 32.7 Å². The molecular weight excluding hydrogens is 639 g/mol. The lowest BCUT2D eigenvalue weighted by atomic mass is 9.56. The molecule has 2 aromatic rings. The van der Waals surface area contributed by atoms with E-state index in [1.165, 1.54) is 31.3 Å². The van der Waals surface area contributed by atoms with Crippen molar-refractivity contribution in [3.63, 3.8) is 0 Å². The molecule has 1 saturated carbocycles. The second-order valence-electron chi connectivity index (χ2n) is 10.6. The molecule has 12 heteroatoms. The third kappa shape index (κ3) is 3.59. The summed E-state index contributed by atoms with van der Waals surface area (Å²) in [5.74, 6) is -5.38. The van der Waals surface area contributed by atoms with Crippen molar-refractivity contribution in [2.75, 3.05) is 24.6 Å². The van der Waals surface area contributed by atoms with Gasteiger partial charge in [0.1, 0.15) is 0 Å². The number of nitrogens with zero attached hydrogens (tertiary/aromatic N) is 2. The molecule has 0 bridgehead atoms. The Bertz CT molecular complexity index is 1510. The summed E-state index contributed by atoms with van der Waals surface area (Å²) in [6.07, 6.45) is 1.96. The number of anilines is 1. The van der Waals surface area contributed by atoms with Gasteiger partial charge in [0, 0.05) is 5.92 Å². The van der Waals surface area contributed by atoms with Crippen LogP contribution in [0, 0.1) is 17.8 Å². The molecule has 0 spiro atoms. The molecule has 9 nitrogen and oxygen atoms in total. The van der Waals surface area contributed by atoms with E-state index in [0.29, 0.717) is 16.8 Å². The third-order valence-corrected chi connectivity index (χ3v) is 10.8. The van der Waals surface area contributed by atoms with Gasteiger partial charge in [-0.15, -0.1) is 23.2 Å². The summed E-state index contributed by atoms with van der Waals surface area (Å²) in [6.45, 7) is 0. The molecule has 3 fully saturated rings. The largest absolute Gasteiger partial charge is 0.502 e. The van der Waals surface area contributed by atoms with E-state index in [0.717, 1.165) is 4.90 Å². The number of imide groups is 2. The lowest BCUT2D eigenvalue weighted by molar-refractivity contribution is -0.138. The van der Waals surface area contributed by atoms with Crippen molar-refractivity contribution in [1.82, 2.24) is 4.90 Å². The number of carbonyl (C=O) groups is 4. The molecule has 214 valence electrons. The number of likely N-dealkylation sites (tertiary alicyclic amines) is 1. The summed E-state index contributed by atoms with van der Waals surface area (Å²) in [7, 11) is 2.74. The monoisotopic (exact) mass is 662 g/mol. The Morgan fingerprint density at radius 2 is 1.61 bits per heavy atom. The van der Waals surface area contributed by atoms with Gasteiger partial charge in [0.05, 0.1) is 37.2 Å². The standard InChI is InChI=1S/C29H25BrCl2N2O7/c1-40-19-10-14(11-20(41-2)23(19)35)22-16-8-9-17-21(25(37)34(24(17)36)15-6-4-3-5-7-15)18(16)12-28(31)26(38)33(13-30)27(39)29(22,28)32/h3-8,10-11,17-18,21-22,35H,9,12-13H2,1-2H3/t17-,18+,21-,22-,28+,29-/m0/s1. The van der Waals surface area contributed by atoms with Crippen molar-refractivity contribution in [3.05, 3.63) is 59.7 Å². The summed E-state index contributed by atoms with van der Waals surface area (Å²) in [5.41, 5.74) is 1.36. The molecular formula is C29H25BrCl2N2O7. The van der Waals surface area contributed by atoms with Crippen LogP contribution >= 0.6 is 39.1 Å². The minimum Gasteiger partial charge on any atom is -0.502 e. The molecule has 2 aromatic carbocycles. The Hall–Kier alpha value is -3.08. The molecule has 0 aromatic heterocycles. The summed E-state index contributed by atoms with van der Waals surface area (Å²) in [6, 6.07) is 11.7. The van der Waals surface area contributed by atoms with E-state index >= 15 is 0 Å². The van der Waals surface area contributed by atoms with Crippen LogP contribution in [0.2, 0.25) is 0 Å². The fraction of sp³-hybridized carbons (Fsp3) is 0.379. The van der Waals surface area contributed by atoms with Gasteiger partial charge in [-0.25, -0.2) is 0 Å². The molecule has 41 heavy (non-hydrogen) atoms. The molecule has 6 rings (SSSR count). The number of para-hydroxylation sites is 1. The highest BCUT2D eigenvalue weighted by atomic mass is 79.9. The number of fused-ring (bicyclic) bond motifs is 4. The number of halogens is 3. The molecule has 4 aliphatic rings. The summed E-state index contributed by atoms with van der Waals surface area (Å²) in [5, 5.41) is 10.6. The van der Waals surface area contributed by atoms with Gasteiger partial charge in [0.25, 0.3) is 11.8 Å². The van der Waals surface area contributed by atoms with E-state index in [9.17, 15) is 24.3 Å². The summed E-state index contributed by atoms with van der Waals surface area (Å²) in [4.78, 5) is 53.5. The molecule has 4 amide bonds. The number of methoxy groups -OCH3 is 2. The Balaban J connectivity index is 1.56. The Labute approximate surface area is 254 Å². The topological polar surface area (TPSA) is 113 Å². The van der Waals surface area contributed by atoms with Crippen molar-refractivity contribution >= 4 is 68.4 Å². The molecule has 2 aliphatic carbocycles. The summed E-state index contributed by atoms with van der Waals surface area (Å²) >= 11 is 17.7. The first-order valence-corrected chi connectivity index (χ1v) is 14.8. The maximum atomic E-state index is 14.0. The second kappa shape index (κ2) is 9.74. The molecule has 2 heterocycles. The van der Waals surface area contributed by atoms with E-state index in [-0.39, 0.29) is 41.5 Å². The van der Waals surface area contributed by atoms with Gasteiger partial charge < -0.3 is 14.6 Å². The van der Waals surface area contributed by atoms with E-state index in [1.54, 1.807) is 30.3 Å². The number of hydrogen-bond acceptors (Lipinski definition) is 7. The fourth-order valence-electron chi connectivity index (χ4n) is 7.04. The highest BCUT2D eigenvalue weighted by Gasteiger charge is 2.76. The van der Waals surface area contributed by atoms with Gasteiger partial charge in [0.2, 0.25) is 17.6 Å². The van der Waals surface area contributed by atoms with Crippen LogP contribution in [-0.2, 0) is 19.2 Å². The van der Waals surface area contributed by atoms with Gasteiger partial charge in [-0.2, -0.15) is 0 Å². The van der Waals surface area contributed by atoms with Gasteiger partial charge in [0.15, 0.2) is 21.2 Å². The van der Waals surface area contributed by atoms with Gasteiger partial charge in [-0.3, -0.25) is 29.0 Å². The first-order chi connectivity index (χ1) is 19.5. The number of aromatic hydroxyl groups is 1. The van der Waals surface area contributed by atoms with Crippen LogP contribution in [0.4, 0.5) is 5.69 Å². The number of allylic oxidation sites excluding steroid dienone is 2. The molecule has 0 unspecified atom stereocenters. The average molecular weight is 664 g/mol. The fourth-order valence-corrected chi connectivity index (χ4v) is 8.46. The lowest BCUT2D eigenvalue weighted by Crippen LogP contribution is -2.60. The number of ether oxygens (including phenoxy) is 2. The maximum absolute atomic E-state index is 14.0. The van der Waals surface area contributed by atoms with Gasteiger partial charge >= 0.3 is 0 Å². The first kappa shape index (κ1) is 28.1. The highest BCUT2D eigenvalue weighted by molar-refractivity contribution is 9.09. The normalized spacial score (nSPS) is 32.5. The molecule has 6 atom stereocenters. The third-order valence-electron chi connectivity index (χ3n) is 8.86. The van der Waals surface area contributed by atoms with Crippen molar-refractivity contribution in [1.29, 1.82) is 0 Å². The van der Waals surface area contributed by atoms with Gasteiger partial charge in [-0.1, -0.05) is 45.8 Å². The molecule has 2 saturated heterocycles. The predicted molar refractivity (Wildman–Crippen MR) is 153 cm³/mol. The van der Waals surface area contributed by atoms with Crippen LogP contribution in [-0.4, -0.2) is 63.1 Å². The van der Waals surface area contributed by atoms with Crippen LogP contribution in [0.1, 0.15) is 24.3 Å². The highest BCUT2D eigenvalue weighted by Crippen LogP contribution is 2.66. The molecule has 1 N–H and O–H groups in total. The van der Waals surface area contributed by atoms with Crippen LogP contribution in [0.5, 0.6) is 17.2 Å². The quantitative estimate of drug-likeness (QED) is 0.219. The van der Waals surface area contributed by atoms with Crippen molar-refractivity contribution in [2.45, 2.75) is 28.5 Å². The Kier molecular flexibility index (Phi) is 6.67. The number of carbonyl (C=O) groups excluding carboxylic acids is 4. The van der Waals surface area contributed by atoms with E-state index in [1.807, 2.05) is 6.08 Å².